The number of ether oxygens (including phenoxy) is 1. The Balaban J connectivity index is 1.70. The number of halogens is 1. The monoisotopic (exact) mass is 462 g/mol. The van der Waals surface area contributed by atoms with E-state index >= 15 is 0 Å². The summed E-state index contributed by atoms with van der Waals surface area (Å²) < 4.78 is 8.70. The first-order chi connectivity index (χ1) is 15.5. The van der Waals surface area contributed by atoms with Gasteiger partial charge in [0.05, 0.1) is 29.7 Å². The Bertz CT molecular complexity index is 1530. The van der Waals surface area contributed by atoms with Gasteiger partial charge in [-0.1, -0.05) is 36.3 Å². The van der Waals surface area contributed by atoms with Gasteiger partial charge in [-0.3, -0.25) is 9.36 Å². The predicted octanol–water partition coefficient (Wildman–Crippen LogP) is 1.64. The quantitative estimate of drug-likeness (QED) is 0.451. The summed E-state index contributed by atoms with van der Waals surface area (Å²) in [6.07, 6.45) is 3.25. The molecule has 1 aromatic carbocycles. The third kappa shape index (κ3) is 2.44. The van der Waals surface area contributed by atoms with Gasteiger partial charge in [0.2, 0.25) is 5.95 Å². The van der Waals surface area contributed by atoms with Crippen molar-refractivity contribution in [2.24, 2.45) is 0 Å². The maximum Gasteiger partial charge on any atom is 0.284 e. The molecule has 3 aromatic heterocycles. The zero-order chi connectivity index (χ0) is 22.1. The lowest BCUT2D eigenvalue weighted by Gasteiger charge is -2.39. The van der Waals surface area contributed by atoms with Crippen LogP contribution in [0.25, 0.3) is 16.9 Å². The van der Waals surface area contributed by atoms with Gasteiger partial charge in [-0.05, 0) is 22.5 Å². The molecule has 0 spiro atoms. The van der Waals surface area contributed by atoms with Crippen LogP contribution >= 0.6 is 11.6 Å². The Morgan fingerprint density at radius 2 is 2.06 bits per heavy atom. The minimum Gasteiger partial charge on any atom is -0.491 e. The fourth-order valence-corrected chi connectivity index (χ4v) is 6.86. The number of benzene rings is 1. The molecule has 0 amide bonds. The van der Waals surface area contributed by atoms with Crippen LogP contribution in [-0.4, -0.2) is 46.6 Å². The number of anilines is 2. The number of nitrogens with two attached hydrogens (primary N) is 1. The molecule has 159 valence electrons. The minimum atomic E-state index is -1.15. The summed E-state index contributed by atoms with van der Waals surface area (Å²) in [6.45, 7) is 2.88. The van der Waals surface area contributed by atoms with Gasteiger partial charge in [-0.25, -0.2) is 9.50 Å². The number of hydrogen-bond acceptors (Lipinski definition) is 7. The van der Waals surface area contributed by atoms with Crippen molar-refractivity contribution in [1.29, 1.82) is 0 Å². The molecule has 0 aliphatic carbocycles. The van der Waals surface area contributed by atoms with Crippen molar-refractivity contribution >= 4 is 48.6 Å². The van der Waals surface area contributed by atoms with Gasteiger partial charge >= 0.3 is 0 Å². The van der Waals surface area contributed by atoms with Crippen LogP contribution in [0.2, 0.25) is 11.6 Å². The molecule has 0 saturated carbocycles. The fourth-order valence-electron chi connectivity index (χ4n) is 4.39. The molecule has 0 bridgehead atoms. The molecule has 2 N–H and O–H groups in total. The molecule has 4 aromatic rings. The maximum absolute atomic E-state index is 13.7. The number of fused-ring (bicyclic) bond motifs is 5. The molecular weight excluding hydrogens is 446 g/mol. The Hall–Kier alpha value is -3.63. The molecule has 11 heteroatoms. The summed E-state index contributed by atoms with van der Waals surface area (Å²) in [5.74, 6) is 1.72. The van der Waals surface area contributed by atoms with Crippen molar-refractivity contribution in [2.75, 3.05) is 24.3 Å². The van der Waals surface area contributed by atoms with Crippen molar-refractivity contribution in [1.82, 2.24) is 24.1 Å². The number of nitrogen functional groups attached to an aromatic ring is 1. The second-order valence-electron chi connectivity index (χ2n) is 7.60. The highest BCUT2D eigenvalue weighted by Crippen LogP contribution is 2.42. The van der Waals surface area contributed by atoms with Crippen LogP contribution in [0.5, 0.6) is 5.75 Å². The van der Waals surface area contributed by atoms with Crippen LogP contribution in [0.3, 0.4) is 0 Å². The Morgan fingerprint density at radius 3 is 2.88 bits per heavy atom. The first-order valence-corrected chi connectivity index (χ1v) is 12.3. The van der Waals surface area contributed by atoms with Gasteiger partial charge in [0.1, 0.15) is 14.3 Å². The standard InChI is InChI=1S/C21H17ClN7O2Si/c1-31-13-9-24-21(23)25-18(13)27-10-15-17(27)19-26-28-8-7-11(22)16(28)20(30)29(19)12-5-3-4-6-14(12)32(15)2/h3-9H,10H2,1-2H3,(H2,23,24,25). The van der Waals surface area contributed by atoms with Crippen molar-refractivity contribution in [3.8, 4) is 11.4 Å². The third-order valence-electron chi connectivity index (χ3n) is 5.95. The number of hydrogen-bond donors (Lipinski definition) is 1. The second kappa shape index (κ2) is 6.68. The van der Waals surface area contributed by atoms with Gasteiger partial charge < -0.3 is 15.4 Å². The summed E-state index contributed by atoms with van der Waals surface area (Å²) in [7, 11) is 0.415. The van der Waals surface area contributed by atoms with E-state index in [0.717, 1.165) is 16.6 Å². The fraction of sp³-hybridized carbons (Fsp3) is 0.143. The zero-order valence-corrected chi connectivity index (χ0v) is 19.0. The normalized spacial score (nSPS) is 15.2. The molecular formula is C21H17ClN7O2Si. The minimum absolute atomic E-state index is 0.145. The Kier molecular flexibility index (Phi) is 3.98. The molecule has 6 rings (SSSR count). The van der Waals surface area contributed by atoms with E-state index in [4.69, 9.17) is 27.2 Å². The van der Waals surface area contributed by atoms with E-state index in [2.05, 4.69) is 22.6 Å². The molecule has 32 heavy (non-hydrogen) atoms. The van der Waals surface area contributed by atoms with Gasteiger partial charge in [0.25, 0.3) is 5.56 Å². The molecule has 0 fully saturated rings. The SMILES string of the molecule is COc1cnc(N)nc1N1CC2=C1c1nn3ccc(Cl)c3c(=O)n1-c1ccccc1[Si]2C. The number of para-hydroxylation sites is 1. The maximum atomic E-state index is 13.7. The van der Waals surface area contributed by atoms with Crippen LogP contribution in [0.15, 0.2) is 52.7 Å². The Labute approximate surface area is 188 Å². The van der Waals surface area contributed by atoms with Crippen molar-refractivity contribution in [3.63, 3.8) is 0 Å². The highest BCUT2D eigenvalue weighted by atomic mass is 35.5. The van der Waals surface area contributed by atoms with Crippen molar-refractivity contribution in [3.05, 3.63) is 69.1 Å². The predicted molar refractivity (Wildman–Crippen MR) is 124 cm³/mol. The van der Waals surface area contributed by atoms with Crippen molar-refractivity contribution in [2.45, 2.75) is 6.55 Å². The lowest BCUT2D eigenvalue weighted by atomic mass is 10.1. The number of rotatable bonds is 2. The first kappa shape index (κ1) is 19.1. The second-order valence-corrected chi connectivity index (χ2v) is 10.4. The van der Waals surface area contributed by atoms with Crippen LogP contribution in [0, 0.1) is 0 Å². The smallest absolute Gasteiger partial charge is 0.284 e. The molecule has 2 aliphatic rings. The third-order valence-corrected chi connectivity index (χ3v) is 8.79. The van der Waals surface area contributed by atoms with Crippen LogP contribution in [0.1, 0.15) is 5.82 Å². The van der Waals surface area contributed by atoms with Crippen LogP contribution < -0.4 is 26.1 Å². The van der Waals surface area contributed by atoms with Gasteiger partial charge in [-0.15, -0.1) is 5.10 Å². The lowest BCUT2D eigenvalue weighted by Crippen LogP contribution is -2.45. The summed E-state index contributed by atoms with van der Waals surface area (Å²) in [5.41, 5.74) is 7.69. The molecule has 0 atom stereocenters. The van der Waals surface area contributed by atoms with Crippen molar-refractivity contribution < 1.29 is 4.74 Å². The average Bonchev–Trinajstić information content (AvgIpc) is 3.11. The molecule has 5 heterocycles. The van der Waals surface area contributed by atoms with Gasteiger partial charge in [-0.2, -0.15) is 4.98 Å². The molecule has 0 unspecified atom stereocenters. The topological polar surface area (TPSA) is 104 Å². The number of aromatic nitrogens is 5. The number of nitrogens with zero attached hydrogens (tertiary/aromatic N) is 6. The van der Waals surface area contributed by atoms with Gasteiger partial charge in [0, 0.05) is 12.7 Å². The number of methoxy groups -OCH3 is 1. The summed E-state index contributed by atoms with van der Waals surface area (Å²) in [6, 6.07) is 9.66. The Morgan fingerprint density at radius 1 is 1.25 bits per heavy atom. The molecule has 9 nitrogen and oxygen atoms in total. The highest BCUT2D eigenvalue weighted by Gasteiger charge is 2.41. The van der Waals surface area contributed by atoms with Gasteiger partial charge in [0.15, 0.2) is 17.4 Å². The molecule has 2 aliphatic heterocycles. The van der Waals surface area contributed by atoms with E-state index in [9.17, 15) is 4.79 Å². The lowest BCUT2D eigenvalue weighted by molar-refractivity contribution is 0.411. The highest BCUT2D eigenvalue weighted by molar-refractivity contribution is 6.81. The summed E-state index contributed by atoms with van der Waals surface area (Å²) >= 11 is 6.34. The van der Waals surface area contributed by atoms with Crippen LogP contribution in [0.4, 0.5) is 11.8 Å². The van der Waals surface area contributed by atoms with E-state index in [1.54, 1.807) is 34.7 Å². The van der Waals surface area contributed by atoms with E-state index in [-0.39, 0.29) is 11.5 Å². The average molecular weight is 463 g/mol. The van der Waals surface area contributed by atoms with E-state index in [1.165, 1.54) is 5.20 Å². The van der Waals surface area contributed by atoms with E-state index < -0.39 is 8.80 Å². The zero-order valence-electron chi connectivity index (χ0n) is 17.2. The van der Waals surface area contributed by atoms with E-state index in [0.29, 0.717) is 34.5 Å². The largest absolute Gasteiger partial charge is 0.491 e. The molecule has 1 radical (unpaired) electrons. The summed E-state index contributed by atoms with van der Waals surface area (Å²) in [4.78, 5) is 24.1. The van der Waals surface area contributed by atoms with Crippen LogP contribution in [-0.2, 0) is 0 Å². The first-order valence-electron chi connectivity index (χ1n) is 9.90. The van der Waals surface area contributed by atoms with E-state index in [1.807, 2.05) is 23.1 Å². The molecule has 0 saturated heterocycles. The summed E-state index contributed by atoms with van der Waals surface area (Å²) in [5, 5.41) is 7.59.